The van der Waals surface area contributed by atoms with Crippen LogP contribution in [0.5, 0.6) is 0 Å². The molecule has 1 unspecified atom stereocenters. The number of halogens is 1. The molecule has 2 nitrogen and oxygen atoms in total. The standard InChI is InChI=1S/C11H14BrNO/c1-13(7-11-8-14-11)6-9-2-4-10(12)5-3-9/h2-5,11H,6-8H2,1H3. The van der Waals surface area contributed by atoms with Crippen LogP contribution in [0.3, 0.4) is 0 Å². The molecule has 0 amide bonds. The molecule has 76 valence electrons. The van der Waals surface area contributed by atoms with Crippen molar-refractivity contribution in [2.75, 3.05) is 20.2 Å². The zero-order valence-corrected chi connectivity index (χ0v) is 9.83. The lowest BCUT2D eigenvalue weighted by molar-refractivity contribution is 0.278. The molecule has 14 heavy (non-hydrogen) atoms. The second-order valence-corrected chi connectivity index (χ2v) is 4.69. The van der Waals surface area contributed by atoms with Crippen molar-refractivity contribution in [1.82, 2.24) is 4.90 Å². The van der Waals surface area contributed by atoms with E-state index in [0.29, 0.717) is 6.10 Å². The minimum Gasteiger partial charge on any atom is -0.372 e. The zero-order chi connectivity index (χ0) is 9.97. The summed E-state index contributed by atoms with van der Waals surface area (Å²) in [5, 5.41) is 0. The quantitative estimate of drug-likeness (QED) is 0.768. The van der Waals surface area contributed by atoms with E-state index in [0.717, 1.165) is 24.2 Å². The lowest BCUT2D eigenvalue weighted by Gasteiger charge is -2.14. The van der Waals surface area contributed by atoms with E-state index >= 15 is 0 Å². The Bertz CT molecular complexity index is 295. The predicted molar refractivity (Wildman–Crippen MR) is 60.2 cm³/mol. The van der Waals surface area contributed by atoms with Crippen molar-refractivity contribution in [2.24, 2.45) is 0 Å². The highest BCUT2D eigenvalue weighted by Gasteiger charge is 2.23. The summed E-state index contributed by atoms with van der Waals surface area (Å²) >= 11 is 3.43. The van der Waals surface area contributed by atoms with Crippen LogP contribution in [0.1, 0.15) is 5.56 Å². The summed E-state index contributed by atoms with van der Waals surface area (Å²) in [6, 6.07) is 8.45. The Morgan fingerprint density at radius 3 is 2.64 bits per heavy atom. The van der Waals surface area contributed by atoms with Crippen molar-refractivity contribution >= 4 is 15.9 Å². The third-order valence-corrected chi connectivity index (χ3v) is 2.81. The molecule has 3 heteroatoms. The van der Waals surface area contributed by atoms with Gasteiger partial charge in [0.15, 0.2) is 0 Å². The first kappa shape index (κ1) is 10.1. The fraction of sp³-hybridized carbons (Fsp3) is 0.455. The molecule has 1 fully saturated rings. The molecule has 0 bridgehead atoms. The van der Waals surface area contributed by atoms with Crippen LogP contribution in [-0.2, 0) is 11.3 Å². The average Bonchev–Trinajstić information content (AvgIpc) is 2.93. The van der Waals surface area contributed by atoms with Gasteiger partial charge in [-0.05, 0) is 24.7 Å². The number of epoxide rings is 1. The molecule has 1 aromatic rings. The van der Waals surface area contributed by atoms with Crippen molar-refractivity contribution in [2.45, 2.75) is 12.6 Å². The van der Waals surface area contributed by atoms with E-state index in [9.17, 15) is 0 Å². The van der Waals surface area contributed by atoms with Gasteiger partial charge < -0.3 is 4.74 Å². The van der Waals surface area contributed by atoms with E-state index in [1.807, 2.05) is 0 Å². The molecule has 1 saturated heterocycles. The van der Waals surface area contributed by atoms with Crippen LogP contribution in [0.25, 0.3) is 0 Å². The summed E-state index contributed by atoms with van der Waals surface area (Å²) in [6.45, 7) is 2.97. The second kappa shape index (κ2) is 4.43. The fourth-order valence-electron chi connectivity index (χ4n) is 1.49. The summed E-state index contributed by atoms with van der Waals surface area (Å²) in [4.78, 5) is 2.29. The Hall–Kier alpha value is -0.380. The van der Waals surface area contributed by atoms with Gasteiger partial charge in [0.05, 0.1) is 12.7 Å². The predicted octanol–water partition coefficient (Wildman–Crippen LogP) is 2.28. The van der Waals surface area contributed by atoms with E-state index in [2.05, 4.69) is 52.1 Å². The maximum absolute atomic E-state index is 5.19. The Balaban J connectivity index is 1.85. The molecular weight excluding hydrogens is 242 g/mol. The molecule has 1 aliphatic rings. The monoisotopic (exact) mass is 255 g/mol. The van der Waals surface area contributed by atoms with Crippen LogP contribution in [0.4, 0.5) is 0 Å². The highest BCUT2D eigenvalue weighted by Crippen LogP contribution is 2.14. The Morgan fingerprint density at radius 1 is 1.43 bits per heavy atom. The first-order valence-corrected chi connectivity index (χ1v) is 5.58. The maximum atomic E-state index is 5.19. The minimum absolute atomic E-state index is 0.482. The molecule has 1 aliphatic heterocycles. The molecule has 0 spiro atoms. The van der Waals surface area contributed by atoms with Gasteiger partial charge in [-0.15, -0.1) is 0 Å². The highest BCUT2D eigenvalue weighted by atomic mass is 79.9. The molecule has 1 aromatic carbocycles. The van der Waals surface area contributed by atoms with Gasteiger partial charge in [0.25, 0.3) is 0 Å². The van der Waals surface area contributed by atoms with Crippen molar-refractivity contribution < 1.29 is 4.74 Å². The maximum Gasteiger partial charge on any atom is 0.0936 e. The van der Waals surface area contributed by atoms with Gasteiger partial charge in [-0.3, -0.25) is 4.90 Å². The third kappa shape index (κ3) is 3.08. The van der Waals surface area contributed by atoms with E-state index in [1.54, 1.807) is 0 Å². The Morgan fingerprint density at radius 2 is 2.07 bits per heavy atom. The summed E-state index contributed by atoms with van der Waals surface area (Å²) in [6.07, 6.45) is 0.482. The number of rotatable bonds is 4. The summed E-state index contributed by atoms with van der Waals surface area (Å²) < 4.78 is 6.32. The lowest BCUT2D eigenvalue weighted by Crippen LogP contribution is -2.22. The smallest absolute Gasteiger partial charge is 0.0936 e. The number of nitrogens with zero attached hydrogens (tertiary/aromatic N) is 1. The van der Waals surface area contributed by atoms with Gasteiger partial charge in [0, 0.05) is 17.6 Å². The third-order valence-electron chi connectivity index (χ3n) is 2.28. The Labute approximate surface area is 93.0 Å². The first-order chi connectivity index (χ1) is 6.74. The molecular formula is C11H14BrNO. The van der Waals surface area contributed by atoms with Gasteiger partial charge in [-0.25, -0.2) is 0 Å². The van der Waals surface area contributed by atoms with Crippen LogP contribution in [-0.4, -0.2) is 31.2 Å². The summed E-state index contributed by atoms with van der Waals surface area (Å²) in [7, 11) is 2.13. The number of hydrogen-bond donors (Lipinski definition) is 0. The van der Waals surface area contributed by atoms with Gasteiger partial charge in [0.2, 0.25) is 0 Å². The molecule has 1 atom stereocenters. The molecule has 0 saturated carbocycles. The molecule has 0 aromatic heterocycles. The minimum atomic E-state index is 0.482. The fourth-order valence-corrected chi connectivity index (χ4v) is 1.75. The average molecular weight is 256 g/mol. The Kier molecular flexibility index (Phi) is 3.21. The number of benzene rings is 1. The van der Waals surface area contributed by atoms with Crippen molar-refractivity contribution in [1.29, 1.82) is 0 Å². The van der Waals surface area contributed by atoms with Crippen LogP contribution < -0.4 is 0 Å². The normalized spacial score (nSPS) is 20.1. The van der Waals surface area contributed by atoms with E-state index < -0.39 is 0 Å². The van der Waals surface area contributed by atoms with Crippen LogP contribution in [0.15, 0.2) is 28.7 Å². The number of likely N-dealkylation sites (N-methyl/N-ethyl adjacent to an activating group) is 1. The largest absolute Gasteiger partial charge is 0.372 e. The molecule has 1 heterocycles. The molecule has 0 N–H and O–H groups in total. The first-order valence-electron chi connectivity index (χ1n) is 4.78. The van der Waals surface area contributed by atoms with E-state index in [-0.39, 0.29) is 0 Å². The van der Waals surface area contributed by atoms with Crippen molar-refractivity contribution in [3.63, 3.8) is 0 Å². The van der Waals surface area contributed by atoms with E-state index in [4.69, 9.17) is 4.74 Å². The lowest BCUT2D eigenvalue weighted by atomic mass is 10.2. The highest BCUT2D eigenvalue weighted by molar-refractivity contribution is 9.10. The number of hydrogen-bond acceptors (Lipinski definition) is 2. The van der Waals surface area contributed by atoms with Crippen molar-refractivity contribution in [3.05, 3.63) is 34.3 Å². The van der Waals surface area contributed by atoms with Gasteiger partial charge >= 0.3 is 0 Å². The topological polar surface area (TPSA) is 15.8 Å². The van der Waals surface area contributed by atoms with Crippen LogP contribution >= 0.6 is 15.9 Å². The van der Waals surface area contributed by atoms with Crippen LogP contribution in [0.2, 0.25) is 0 Å². The molecule has 0 aliphatic carbocycles. The molecule has 0 radical (unpaired) electrons. The van der Waals surface area contributed by atoms with E-state index in [1.165, 1.54) is 5.56 Å². The van der Waals surface area contributed by atoms with Crippen LogP contribution in [0, 0.1) is 0 Å². The van der Waals surface area contributed by atoms with Crippen molar-refractivity contribution in [3.8, 4) is 0 Å². The number of ether oxygens (including phenoxy) is 1. The van der Waals surface area contributed by atoms with Gasteiger partial charge in [-0.1, -0.05) is 28.1 Å². The van der Waals surface area contributed by atoms with Gasteiger partial charge in [0.1, 0.15) is 0 Å². The summed E-state index contributed by atoms with van der Waals surface area (Å²) in [5.41, 5.74) is 1.34. The summed E-state index contributed by atoms with van der Waals surface area (Å²) in [5.74, 6) is 0. The second-order valence-electron chi connectivity index (χ2n) is 3.78. The zero-order valence-electron chi connectivity index (χ0n) is 8.24. The molecule has 2 rings (SSSR count). The van der Waals surface area contributed by atoms with Gasteiger partial charge in [-0.2, -0.15) is 0 Å². The SMILES string of the molecule is CN(Cc1ccc(Br)cc1)CC1CO1.